The molecule has 128 valence electrons. The summed E-state index contributed by atoms with van der Waals surface area (Å²) in [4.78, 5) is 11.4. The zero-order valence-electron chi connectivity index (χ0n) is 13.7. The SMILES string of the molecule is O=C(O)c1cc(Cl)ccc1Nc1ccc2c(ccn2-c2ccccc2)c1. The third kappa shape index (κ3) is 3.03. The highest BCUT2D eigenvalue weighted by molar-refractivity contribution is 6.31. The second-order valence-electron chi connectivity index (χ2n) is 5.91. The maximum Gasteiger partial charge on any atom is 0.337 e. The molecule has 0 saturated carbocycles. The highest BCUT2D eigenvalue weighted by atomic mass is 35.5. The normalized spacial score (nSPS) is 10.8. The van der Waals surface area contributed by atoms with Gasteiger partial charge in [0.05, 0.1) is 16.8 Å². The predicted molar refractivity (Wildman–Crippen MR) is 105 cm³/mol. The lowest BCUT2D eigenvalue weighted by atomic mass is 10.1. The summed E-state index contributed by atoms with van der Waals surface area (Å²) in [6.07, 6.45) is 2.02. The van der Waals surface area contributed by atoms with Gasteiger partial charge in [0.25, 0.3) is 0 Å². The summed E-state index contributed by atoms with van der Waals surface area (Å²) in [7, 11) is 0. The highest BCUT2D eigenvalue weighted by Gasteiger charge is 2.11. The first-order chi connectivity index (χ1) is 12.6. The van der Waals surface area contributed by atoms with E-state index >= 15 is 0 Å². The van der Waals surface area contributed by atoms with Crippen LogP contribution < -0.4 is 5.32 Å². The Morgan fingerprint density at radius 2 is 1.77 bits per heavy atom. The summed E-state index contributed by atoms with van der Waals surface area (Å²) in [6, 6.07) is 22.9. The molecule has 0 bridgehead atoms. The van der Waals surface area contributed by atoms with E-state index in [1.54, 1.807) is 12.1 Å². The Labute approximate surface area is 155 Å². The van der Waals surface area contributed by atoms with Crippen LogP contribution in [-0.4, -0.2) is 15.6 Å². The van der Waals surface area contributed by atoms with Gasteiger partial charge in [0.1, 0.15) is 0 Å². The highest BCUT2D eigenvalue weighted by Crippen LogP contribution is 2.28. The molecule has 0 aliphatic rings. The molecule has 0 aliphatic heterocycles. The summed E-state index contributed by atoms with van der Waals surface area (Å²) in [5.41, 5.74) is 3.63. The summed E-state index contributed by atoms with van der Waals surface area (Å²) in [5.74, 6) is -1.02. The topological polar surface area (TPSA) is 54.3 Å². The van der Waals surface area contributed by atoms with Crippen LogP contribution in [0.5, 0.6) is 0 Å². The number of hydrogen-bond donors (Lipinski definition) is 2. The van der Waals surface area contributed by atoms with Crippen LogP contribution in [0.3, 0.4) is 0 Å². The minimum atomic E-state index is -1.02. The van der Waals surface area contributed by atoms with Crippen LogP contribution in [0.1, 0.15) is 10.4 Å². The summed E-state index contributed by atoms with van der Waals surface area (Å²) in [6.45, 7) is 0. The Hall–Kier alpha value is -3.24. The molecule has 0 radical (unpaired) electrons. The van der Waals surface area contributed by atoms with Crippen molar-refractivity contribution in [3.05, 3.63) is 89.6 Å². The number of halogens is 1. The fourth-order valence-electron chi connectivity index (χ4n) is 2.99. The fraction of sp³-hybridized carbons (Fsp3) is 0. The monoisotopic (exact) mass is 362 g/mol. The number of carboxylic acid groups (broad SMARTS) is 1. The van der Waals surface area contributed by atoms with Crippen molar-refractivity contribution in [2.75, 3.05) is 5.32 Å². The number of carbonyl (C=O) groups is 1. The molecule has 0 aliphatic carbocycles. The molecule has 3 aromatic carbocycles. The number of rotatable bonds is 4. The Bertz CT molecular complexity index is 1100. The van der Waals surface area contributed by atoms with Crippen LogP contribution in [0, 0.1) is 0 Å². The quantitative estimate of drug-likeness (QED) is 0.487. The number of carboxylic acids is 1. The zero-order chi connectivity index (χ0) is 18.1. The molecule has 5 heteroatoms. The molecule has 4 nitrogen and oxygen atoms in total. The molecular weight excluding hydrogens is 348 g/mol. The standard InChI is InChI=1S/C21H15ClN2O2/c22-15-6-8-19(18(13-15)21(25)26)23-16-7-9-20-14(12-16)10-11-24(20)17-4-2-1-3-5-17/h1-13,23H,(H,25,26). The Morgan fingerprint density at radius 3 is 2.54 bits per heavy atom. The van der Waals surface area contributed by atoms with Crippen LogP contribution >= 0.6 is 11.6 Å². The lowest BCUT2D eigenvalue weighted by molar-refractivity contribution is 0.0698. The van der Waals surface area contributed by atoms with Crippen molar-refractivity contribution in [1.29, 1.82) is 0 Å². The van der Waals surface area contributed by atoms with E-state index in [2.05, 4.69) is 22.0 Å². The van der Waals surface area contributed by atoms with Crippen LogP contribution in [0.4, 0.5) is 11.4 Å². The molecule has 4 rings (SSSR count). The first-order valence-corrected chi connectivity index (χ1v) is 8.46. The van der Waals surface area contributed by atoms with Crippen molar-refractivity contribution >= 4 is 39.8 Å². The second kappa shape index (κ2) is 6.58. The van der Waals surface area contributed by atoms with Crippen LogP contribution in [-0.2, 0) is 0 Å². The number of para-hydroxylation sites is 1. The van der Waals surface area contributed by atoms with E-state index in [9.17, 15) is 9.90 Å². The van der Waals surface area contributed by atoms with Crippen molar-refractivity contribution < 1.29 is 9.90 Å². The molecule has 1 heterocycles. The minimum absolute atomic E-state index is 0.138. The number of aromatic carboxylic acids is 1. The van der Waals surface area contributed by atoms with Gasteiger partial charge in [0, 0.05) is 28.0 Å². The van der Waals surface area contributed by atoms with E-state index < -0.39 is 5.97 Å². The second-order valence-corrected chi connectivity index (χ2v) is 6.35. The van der Waals surface area contributed by atoms with Gasteiger partial charge in [0.2, 0.25) is 0 Å². The third-order valence-electron chi connectivity index (χ3n) is 4.22. The minimum Gasteiger partial charge on any atom is -0.478 e. The molecule has 0 saturated heterocycles. The molecule has 26 heavy (non-hydrogen) atoms. The molecular formula is C21H15ClN2O2. The first kappa shape index (κ1) is 16.2. The van der Waals surface area contributed by atoms with Gasteiger partial charge in [-0.3, -0.25) is 0 Å². The van der Waals surface area contributed by atoms with Gasteiger partial charge in [-0.15, -0.1) is 0 Å². The van der Waals surface area contributed by atoms with Crippen molar-refractivity contribution in [1.82, 2.24) is 4.57 Å². The van der Waals surface area contributed by atoms with Crippen LogP contribution in [0.15, 0.2) is 79.0 Å². The molecule has 0 unspecified atom stereocenters. The van der Waals surface area contributed by atoms with Crippen molar-refractivity contribution in [3.63, 3.8) is 0 Å². The average molecular weight is 363 g/mol. The van der Waals surface area contributed by atoms with Crippen molar-refractivity contribution in [2.24, 2.45) is 0 Å². The van der Waals surface area contributed by atoms with E-state index in [-0.39, 0.29) is 5.56 Å². The van der Waals surface area contributed by atoms with E-state index in [4.69, 9.17) is 11.6 Å². The van der Waals surface area contributed by atoms with Gasteiger partial charge < -0.3 is 15.0 Å². The van der Waals surface area contributed by atoms with Gasteiger partial charge in [-0.2, -0.15) is 0 Å². The van der Waals surface area contributed by atoms with Gasteiger partial charge in [0.15, 0.2) is 0 Å². The number of nitrogens with zero attached hydrogens (tertiary/aromatic N) is 1. The molecule has 1 aromatic heterocycles. The Balaban J connectivity index is 1.71. The third-order valence-corrected chi connectivity index (χ3v) is 4.45. The van der Waals surface area contributed by atoms with Gasteiger partial charge in [-0.1, -0.05) is 29.8 Å². The average Bonchev–Trinajstić information content (AvgIpc) is 3.07. The van der Waals surface area contributed by atoms with E-state index in [0.717, 1.165) is 22.3 Å². The van der Waals surface area contributed by atoms with Gasteiger partial charge in [-0.25, -0.2) is 4.79 Å². The first-order valence-electron chi connectivity index (χ1n) is 8.08. The molecule has 0 atom stereocenters. The molecule has 4 aromatic rings. The maximum absolute atomic E-state index is 11.4. The summed E-state index contributed by atoms with van der Waals surface area (Å²) >= 11 is 5.91. The number of nitrogens with one attached hydrogen (secondary N) is 1. The number of hydrogen-bond acceptors (Lipinski definition) is 2. The fourth-order valence-corrected chi connectivity index (χ4v) is 3.16. The van der Waals surface area contributed by atoms with E-state index in [1.165, 1.54) is 6.07 Å². The summed E-state index contributed by atoms with van der Waals surface area (Å²) in [5, 5.41) is 14.0. The molecule has 0 spiro atoms. The van der Waals surface area contributed by atoms with Crippen molar-refractivity contribution in [2.45, 2.75) is 0 Å². The Kier molecular flexibility index (Phi) is 4.11. The predicted octanol–water partition coefficient (Wildman–Crippen LogP) is 5.73. The molecule has 2 N–H and O–H groups in total. The van der Waals surface area contributed by atoms with Gasteiger partial charge in [-0.05, 0) is 54.6 Å². The van der Waals surface area contributed by atoms with E-state index in [1.807, 2.05) is 48.7 Å². The smallest absolute Gasteiger partial charge is 0.337 e. The maximum atomic E-state index is 11.4. The Morgan fingerprint density at radius 1 is 0.962 bits per heavy atom. The lowest BCUT2D eigenvalue weighted by Gasteiger charge is -2.11. The van der Waals surface area contributed by atoms with E-state index in [0.29, 0.717) is 10.7 Å². The lowest BCUT2D eigenvalue weighted by Crippen LogP contribution is -2.02. The van der Waals surface area contributed by atoms with Gasteiger partial charge >= 0.3 is 5.97 Å². The largest absolute Gasteiger partial charge is 0.478 e. The number of fused-ring (bicyclic) bond motifs is 1. The molecule has 0 amide bonds. The number of aromatic nitrogens is 1. The van der Waals surface area contributed by atoms with Crippen LogP contribution in [0.2, 0.25) is 5.02 Å². The van der Waals surface area contributed by atoms with Crippen molar-refractivity contribution in [3.8, 4) is 5.69 Å². The molecule has 0 fully saturated rings. The zero-order valence-corrected chi connectivity index (χ0v) is 14.4. The number of anilines is 2. The summed E-state index contributed by atoms with van der Waals surface area (Å²) < 4.78 is 2.12. The number of benzene rings is 3. The van der Waals surface area contributed by atoms with Crippen LogP contribution in [0.25, 0.3) is 16.6 Å².